The van der Waals surface area contributed by atoms with E-state index < -0.39 is 0 Å². The van der Waals surface area contributed by atoms with Crippen LogP contribution in [0.2, 0.25) is 5.02 Å². The smallest absolute Gasteiger partial charge is 0.197 e. The molecule has 3 rings (SSSR count). The van der Waals surface area contributed by atoms with Gasteiger partial charge in [0.05, 0.1) is 11.4 Å². The van der Waals surface area contributed by atoms with E-state index in [1.54, 1.807) is 31.2 Å². The normalized spacial score (nSPS) is 11.6. The van der Waals surface area contributed by atoms with Crippen molar-refractivity contribution in [2.45, 2.75) is 6.92 Å². The zero-order valence-corrected chi connectivity index (χ0v) is 12.8. The van der Waals surface area contributed by atoms with Gasteiger partial charge in [0, 0.05) is 5.02 Å². The van der Waals surface area contributed by atoms with E-state index in [1.807, 2.05) is 6.07 Å². The zero-order valence-electron chi connectivity index (χ0n) is 12.0. The highest BCUT2D eigenvalue weighted by Gasteiger charge is 2.17. The monoisotopic (exact) mass is 326 g/mol. The van der Waals surface area contributed by atoms with Gasteiger partial charge in [-0.25, -0.2) is 4.99 Å². The minimum Gasteiger partial charge on any atom is -0.382 e. The van der Waals surface area contributed by atoms with Gasteiger partial charge in [-0.15, -0.1) is 10.2 Å². The van der Waals surface area contributed by atoms with Gasteiger partial charge in [0.1, 0.15) is 11.6 Å². The molecular weight excluding hydrogens is 316 g/mol. The zero-order chi connectivity index (χ0) is 16.6. The van der Waals surface area contributed by atoms with Crippen molar-refractivity contribution in [1.29, 1.82) is 5.26 Å². The maximum atomic E-state index is 9.12. The number of hydrogen-bond donors (Lipinski definition) is 2. The average molecular weight is 327 g/mol. The van der Waals surface area contributed by atoms with Crippen molar-refractivity contribution in [3.05, 3.63) is 46.2 Å². The molecule has 4 N–H and O–H groups in total. The van der Waals surface area contributed by atoms with E-state index in [0.717, 1.165) is 0 Å². The number of fused-ring (bicyclic) bond motifs is 1. The van der Waals surface area contributed by atoms with Gasteiger partial charge in [-0.3, -0.25) is 0 Å². The molecule has 0 saturated carbocycles. The molecule has 0 radical (unpaired) electrons. The van der Waals surface area contributed by atoms with Crippen LogP contribution in [-0.4, -0.2) is 25.6 Å². The Hall–Kier alpha value is -3.18. The molecular formula is C14H11ClN8. The second kappa shape index (κ2) is 5.55. The molecule has 9 heteroatoms. The predicted octanol–water partition coefficient (Wildman–Crippen LogP) is 1.58. The molecule has 0 unspecified atom stereocenters. The van der Waals surface area contributed by atoms with Crippen molar-refractivity contribution in [1.82, 2.24) is 19.8 Å². The summed E-state index contributed by atoms with van der Waals surface area (Å²) in [6, 6.07) is 8.84. The molecule has 0 spiro atoms. The largest absolute Gasteiger partial charge is 0.382 e. The molecule has 0 amide bonds. The summed E-state index contributed by atoms with van der Waals surface area (Å²) in [6.45, 7) is 1.69. The topological polar surface area (TPSA) is 131 Å². The van der Waals surface area contributed by atoms with Crippen LogP contribution in [0.4, 0.5) is 11.5 Å². The number of rotatable bonds is 2. The molecule has 0 aliphatic carbocycles. The lowest BCUT2D eigenvalue weighted by molar-refractivity contribution is 0.881. The Balaban J connectivity index is 2.11. The Bertz CT molecular complexity index is 965. The second-order valence-electron chi connectivity index (χ2n) is 4.71. The number of aromatic nitrogens is 4. The highest BCUT2D eigenvalue weighted by atomic mass is 35.5. The maximum Gasteiger partial charge on any atom is 0.197 e. The summed E-state index contributed by atoms with van der Waals surface area (Å²) in [7, 11) is 0. The summed E-state index contributed by atoms with van der Waals surface area (Å²) in [5.41, 5.74) is 13.9. The summed E-state index contributed by atoms with van der Waals surface area (Å²) in [6.07, 6.45) is 0. The van der Waals surface area contributed by atoms with Crippen molar-refractivity contribution >= 4 is 34.6 Å². The van der Waals surface area contributed by atoms with E-state index in [-0.39, 0.29) is 23.0 Å². The summed E-state index contributed by atoms with van der Waals surface area (Å²) >= 11 is 5.83. The van der Waals surface area contributed by atoms with Crippen LogP contribution >= 0.6 is 11.6 Å². The Labute approximate surface area is 136 Å². The lowest BCUT2D eigenvalue weighted by Gasteiger charge is -2.05. The van der Waals surface area contributed by atoms with Crippen molar-refractivity contribution in [3.63, 3.8) is 0 Å². The van der Waals surface area contributed by atoms with E-state index in [2.05, 4.69) is 20.3 Å². The lowest BCUT2D eigenvalue weighted by atomic mass is 10.3. The van der Waals surface area contributed by atoms with Crippen LogP contribution in [-0.2, 0) is 0 Å². The van der Waals surface area contributed by atoms with Crippen LogP contribution in [0.15, 0.2) is 29.3 Å². The van der Waals surface area contributed by atoms with Gasteiger partial charge in [-0.1, -0.05) is 11.6 Å². The summed E-state index contributed by atoms with van der Waals surface area (Å²) in [5, 5.41) is 21.9. The molecule has 3 aromatic rings. The van der Waals surface area contributed by atoms with E-state index in [1.165, 1.54) is 4.52 Å². The van der Waals surface area contributed by atoms with E-state index in [4.69, 9.17) is 28.3 Å². The van der Waals surface area contributed by atoms with Crippen LogP contribution in [0.3, 0.4) is 0 Å². The molecule has 0 aliphatic rings. The van der Waals surface area contributed by atoms with E-state index in [9.17, 15) is 0 Å². The fourth-order valence-corrected chi connectivity index (χ4v) is 2.17. The number of aliphatic imine (C=N–C) groups is 1. The van der Waals surface area contributed by atoms with Gasteiger partial charge in [0.25, 0.3) is 0 Å². The maximum absolute atomic E-state index is 9.12. The van der Waals surface area contributed by atoms with Crippen LogP contribution in [0.1, 0.15) is 17.0 Å². The molecule has 2 heterocycles. The van der Waals surface area contributed by atoms with Crippen molar-refractivity contribution in [2.75, 3.05) is 5.73 Å². The van der Waals surface area contributed by atoms with Gasteiger partial charge in [-0.05, 0) is 31.2 Å². The van der Waals surface area contributed by atoms with Crippen LogP contribution in [0.5, 0.6) is 0 Å². The van der Waals surface area contributed by atoms with Crippen molar-refractivity contribution in [2.24, 2.45) is 10.7 Å². The number of nitrogens with two attached hydrogens (primary N) is 2. The Kier molecular flexibility index (Phi) is 3.56. The molecule has 2 aromatic heterocycles. The van der Waals surface area contributed by atoms with Crippen LogP contribution in [0.25, 0.3) is 5.65 Å². The van der Waals surface area contributed by atoms with Crippen LogP contribution < -0.4 is 11.5 Å². The fourth-order valence-electron chi connectivity index (χ4n) is 2.05. The van der Waals surface area contributed by atoms with Crippen molar-refractivity contribution in [3.8, 4) is 6.07 Å². The molecule has 0 bridgehead atoms. The molecule has 0 fully saturated rings. The predicted molar refractivity (Wildman–Crippen MR) is 86.5 cm³/mol. The number of halogens is 1. The first kappa shape index (κ1) is 14.7. The first-order chi connectivity index (χ1) is 11.0. The standard InChI is InChI=1S/C14H11ClN8/c1-7-10(6-16)14-21-20-11(13(18)23(14)22-7)12(17)19-9-4-2-8(15)3-5-9/h2-5H,18H2,1H3,(H2,17,19). The second-order valence-corrected chi connectivity index (χ2v) is 5.15. The molecule has 0 aliphatic heterocycles. The SMILES string of the molecule is Cc1nn2c(N)c(C(N)=Nc3ccc(Cl)cc3)nnc2c1C#N. The molecule has 23 heavy (non-hydrogen) atoms. The number of nitrogen functional groups attached to an aromatic ring is 1. The summed E-state index contributed by atoms with van der Waals surface area (Å²) in [5.74, 6) is 0.251. The number of anilines is 1. The number of nitriles is 1. The minimum absolute atomic E-state index is 0.0888. The first-order valence-electron chi connectivity index (χ1n) is 6.53. The van der Waals surface area contributed by atoms with Gasteiger partial charge >= 0.3 is 0 Å². The fraction of sp³-hybridized carbons (Fsp3) is 0.0714. The summed E-state index contributed by atoms with van der Waals surface area (Å²) in [4.78, 5) is 4.23. The molecule has 8 nitrogen and oxygen atoms in total. The third-order valence-corrected chi connectivity index (χ3v) is 3.43. The minimum atomic E-state index is 0.0888. The Morgan fingerprint density at radius 1 is 1.30 bits per heavy atom. The average Bonchev–Trinajstić information content (AvgIpc) is 2.86. The van der Waals surface area contributed by atoms with Gasteiger partial charge < -0.3 is 11.5 Å². The molecule has 0 atom stereocenters. The summed E-state index contributed by atoms with van der Waals surface area (Å²) < 4.78 is 1.33. The Morgan fingerprint density at radius 3 is 2.65 bits per heavy atom. The Morgan fingerprint density at radius 2 is 2.00 bits per heavy atom. The van der Waals surface area contributed by atoms with Gasteiger partial charge in [0.2, 0.25) is 0 Å². The highest BCUT2D eigenvalue weighted by molar-refractivity contribution is 6.30. The van der Waals surface area contributed by atoms with Crippen molar-refractivity contribution < 1.29 is 0 Å². The van der Waals surface area contributed by atoms with E-state index >= 15 is 0 Å². The molecule has 114 valence electrons. The molecule has 1 aromatic carbocycles. The number of hydrogen-bond acceptors (Lipinski definition) is 6. The van der Waals surface area contributed by atoms with Gasteiger partial charge in [0.15, 0.2) is 23.0 Å². The first-order valence-corrected chi connectivity index (χ1v) is 6.90. The number of amidine groups is 1. The number of nitrogens with zero attached hydrogens (tertiary/aromatic N) is 6. The number of benzene rings is 1. The quantitative estimate of drug-likeness (QED) is 0.542. The van der Waals surface area contributed by atoms with Gasteiger partial charge in [-0.2, -0.15) is 14.9 Å². The number of aryl methyl sites for hydroxylation is 1. The van der Waals surface area contributed by atoms with Crippen LogP contribution in [0, 0.1) is 18.3 Å². The third kappa shape index (κ3) is 2.54. The molecule has 0 saturated heterocycles. The third-order valence-electron chi connectivity index (χ3n) is 3.18. The van der Waals surface area contributed by atoms with E-state index in [0.29, 0.717) is 22.0 Å². The highest BCUT2D eigenvalue weighted by Crippen LogP contribution is 2.19. The lowest BCUT2D eigenvalue weighted by Crippen LogP contribution is -2.20.